The number of hydrogen-bond acceptors (Lipinski definition) is 4. The molecule has 6 heteroatoms. The molecule has 0 spiro atoms. The molecule has 3 rings (SSSR count). The van der Waals surface area contributed by atoms with E-state index in [-0.39, 0.29) is 12.1 Å². The summed E-state index contributed by atoms with van der Waals surface area (Å²) in [6, 6.07) is 18.0. The summed E-state index contributed by atoms with van der Waals surface area (Å²) < 4.78 is 11.1. The maximum atomic E-state index is 12.5. The lowest BCUT2D eigenvalue weighted by Gasteiger charge is -2.29. The Morgan fingerprint density at radius 3 is 2.52 bits per heavy atom. The van der Waals surface area contributed by atoms with E-state index in [1.54, 1.807) is 4.90 Å². The Labute approximate surface area is 173 Å². The van der Waals surface area contributed by atoms with Gasteiger partial charge in [0, 0.05) is 32.4 Å². The van der Waals surface area contributed by atoms with Crippen LogP contribution < -0.4 is 15.0 Å². The molecule has 1 heterocycles. The van der Waals surface area contributed by atoms with Gasteiger partial charge in [0.25, 0.3) is 0 Å². The fraction of sp³-hybridized carbons (Fsp3) is 0.435. The van der Waals surface area contributed by atoms with Gasteiger partial charge in [0.1, 0.15) is 5.75 Å². The number of morpholine rings is 1. The molecule has 29 heavy (non-hydrogen) atoms. The number of amides is 2. The highest BCUT2D eigenvalue weighted by atomic mass is 16.5. The molecule has 1 fully saturated rings. The van der Waals surface area contributed by atoms with Crippen LogP contribution in [0.2, 0.25) is 0 Å². The number of nitrogens with zero attached hydrogens (tertiary/aromatic N) is 2. The average molecular weight is 398 g/mol. The van der Waals surface area contributed by atoms with Crippen molar-refractivity contribution in [3.63, 3.8) is 0 Å². The van der Waals surface area contributed by atoms with Crippen molar-refractivity contribution in [3.05, 3.63) is 60.2 Å². The number of rotatable bonds is 8. The molecular formula is C23H31N3O3. The third-order valence-corrected chi connectivity index (χ3v) is 5.11. The molecule has 1 N–H and O–H groups in total. The average Bonchev–Trinajstić information content (AvgIpc) is 2.78. The van der Waals surface area contributed by atoms with E-state index in [2.05, 4.69) is 34.5 Å². The van der Waals surface area contributed by atoms with E-state index in [4.69, 9.17) is 9.47 Å². The normalized spacial score (nSPS) is 14.9. The van der Waals surface area contributed by atoms with Gasteiger partial charge in [0.15, 0.2) is 0 Å². The van der Waals surface area contributed by atoms with Gasteiger partial charge in [-0.3, -0.25) is 0 Å². The predicted octanol–water partition coefficient (Wildman–Crippen LogP) is 3.69. The number of benzene rings is 2. The Kier molecular flexibility index (Phi) is 7.76. The Hall–Kier alpha value is -2.73. The maximum Gasteiger partial charge on any atom is 0.317 e. The first-order chi connectivity index (χ1) is 14.1. The number of ether oxygens (including phenoxy) is 2. The van der Waals surface area contributed by atoms with Crippen LogP contribution in [0.4, 0.5) is 10.5 Å². The van der Waals surface area contributed by atoms with Crippen LogP contribution in [0.15, 0.2) is 54.6 Å². The molecule has 0 saturated carbocycles. The number of urea groups is 1. The SMILES string of the molecule is CC(NC(=O)N(C)CCCOc1ccccc1)c1ccc(N2CCOCC2)cc1. The van der Waals surface area contributed by atoms with Crippen LogP contribution in [0.5, 0.6) is 5.75 Å². The molecule has 1 atom stereocenters. The summed E-state index contributed by atoms with van der Waals surface area (Å²) in [5.74, 6) is 0.855. The Bertz CT molecular complexity index is 746. The first-order valence-electron chi connectivity index (χ1n) is 10.3. The van der Waals surface area contributed by atoms with Crippen LogP contribution in [-0.4, -0.2) is 57.4 Å². The summed E-state index contributed by atoms with van der Waals surface area (Å²) in [6.45, 7) is 6.62. The molecule has 0 bridgehead atoms. The Morgan fingerprint density at radius 1 is 1.14 bits per heavy atom. The van der Waals surface area contributed by atoms with E-state index < -0.39 is 0 Å². The van der Waals surface area contributed by atoms with Gasteiger partial charge in [-0.05, 0) is 43.2 Å². The van der Waals surface area contributed by atoms with Crippen molar-refractivity contribution in [2.45, 2.75) is 19.4 Å². The van der Waals surface area contributed by atoms with E-state index in [1.807, 2.05) is 44.3 Å². The van der Waals surface area contributed by atoms with E-state index in [0.29, 0.717) is 13.2 Å². The number of carbonyl (C=O) groups is 1. The van der Waals surface area contributed by atoms with Crippen LogP contribution in [0, 0.1) is 0 Å². The lowest BCUT2D eigenvalue weighted by Crippen LogP contribution is -2.39. The van der Waals surface area contributed by atoms with Gasteiger partial charge in [-0.15, -0.1) is 0 Å². The second kappa shape index (κ2) is 10.7. The summed E-state index contributed by atoms with van der Waals surface area (Å²) >= 11 is 0. The standard InChI is InChI=1S/C23H31N3O3/c1-19(20-9-11-21(12-10-20)26-14-17-28-18-15-26)24-23(27)25(2)13-6-16-29-22-7-4-3-5-8-22/h3-5,7-12,19H,6,13-18H2,1-2H3,(H,24,27). The van der Waals surface area contributed by atoms with Crippen molar-refractivity contribution < 1.29 is 14.3 Å². The van der Waals surface area contributed by atoms with Gasteiger partial charge in [-0.1, -0.05) is 30.3 Å². The highest BCUT2D eigenvalue weighted by Crippen LogP contribution is 2.20. The van der Waals surface area contributed by atoms with Crippen molar-refractivity contribution in [2.75, 3.05) is 51.4 Å². The number of para-hydroxylation sites is 1. The van der Waals surface area contributed by atoms with E-state index in [0.717, 1.165) is 44.0 Å². The van der Waals surface area contributed by atoms with E-state index in [9.17, 15) is 4.79 Å². The molecule has 0 aromatic heterocycles. The molecule has 0 radical (unpaired) electrons. The second-order valence-electron chi connectivity index (χ2n) is 7.30. The van der Waals surface area contributed by atoms with E-state index >= 15 is 0 Å². The summed E-state index contributed by atoms with van der Waals surface area (Å²) in [7, 11) is 1.81. The highest BCUT2D eigenvalue weighted by Gasteiger charge is 2.15. The number of carbonyl (C=O) groups excluding carboxylic acids is 1. The summed E-state index contributed by atoms with van der Waals surface area (Å²) in [5.41, 5.74) is 2.29. The molecule has 1 unspecified atom stereocenters. The minimum Gasteiger partial charge on any atom is -0.494 e. The molecule has 1 aliphatic heterocycles. The first kappa shape index (κ1) is 21.0. The summed E-state index contributed by atoms with van der Waals surface area (Å²) in [5, 5.41) is 3.07. The first-order valence-corrected chi connectivity index (χ1v) is 10.3. The minimum absolute atomic E-state index is 0.0516. The molecule has 156 valence electrons. The largest absolute Gasteiger partial charge is 0.494 e. The quantitative estimate of drug-likeness (QED) is 0.690. The molecule has 2 aromatic carbocycles. The number of nitrogens with one attached hydrogen (secondary N) is 1. The lowest BCUT2D eigenvalue weighted by atomic mass is 10.1. The number of hydrogen-bond donors (Lipinski definition) is 1. The summed E-state index contributed by atoms with van der Waals surface area (Å²) in [4.78, 5) is 16.5. The fourth-order valence-corrected chi connectivity index (χ4v) is 3.28. The second-order valence-corrected chi connectivity index (χ2v) is 7.30. The van der Waals surface area contributed by atoms with E-state index in [1.165, 1.54) is 5.69 Å². The summed E-state index contributed by atoms with van der Waals surface area (Å²) in [6.07, 6.45) is 0.779. The minimum atomic E-state index is -0.0746. The van der Waals surface area contributed by atoms with Gasteiger partial charge >= 0.3 is 6.03 Å². The Morgan fingerprint density at radius 2 is 1.83 bits per heavy atom. The van der Waals surface area contributed by atoms with Crippen LogP contribution in [0.25, 0.3) is 0 Å². The van der Waals surface area contributed by atoms with Crippen molar-refractivity contribution in [3.8, 4) is 5.75 Å². The van der Waals surface area contributed by atoms with Crippen molar-refractivity contribution in [2.24, 2.45) is 0 Å². The molecule has 2 aromatic rings. The van der Waals surface area contributed by atoms with Crippen LogP contribution >= 0.6 is 0 Å². The maximum absolute atomic E-state index is 12.5. The zero-order chi connectivity index (χ0) is 20.5. The van der Waals surface area contributed by atoms with Crippen molar-refractivity contribution in [1.29, 1.82) is 0 Å². The van der Waals surface area contributed by atoms with Gasteiger partial charge in [-0.2, -0.15) is 0 Å². The molecule has 1 aliphatic rings. The lowest BCUT2D eigenvalue weighted by molar-refractivity contribution is 0.122. The number of anilines is 1. The topological polar surface area (TPSA) is 54.0 Å². The molecular weight excluding hydrogens is 366 g/mol. The molecule has 1 saturated heterocycles. The van der Waals surface area contributed by atoms with Crippen molar-refractivity contribution in [1.82, 2.24) is 10.2 Å². The zero-order valence-corrected chi connectivity index (χ0v) is 17.3. The van der Waals surface area contributed by atoms with Gasteiger partial charge in [-0.25, -0.2) is 4.79 Å². The van der Waals surface area contributed by atoms with Crippen LogP contribution in [0.1, 0.15) is 24.9 Å². The smallest absolute Gasteiger partial charge is 0.317 e. The van der Waals surface area contributed by atoms with Crippen LogP contribution in [0.3, 0.4) is 0 Å². The third kappa shape index (κ3) is 6.39. The predicted molar refractivity (Wildman–Crippen MR) is 116 cm³/mol. The monoisotopic (exact) mass is 397 g/mol. The third-order valence-electron chi connectivity index (χ3n) is 5.11. The zero-order valence-electron chi connectivity index (χ0n) is 17.3. The molecule has 2 amide bonds. The van der Waals surface area contributed by atoms with Gasteiger partial charge < -0.3 is 24.6 Å². The molecule has 6 nitrogen and oxygen atoms in total. The Balaban J connectivity index is 1.40. The molecule has 0 aliphatic carbocycles. The van der Waals surface area contributed by atoms with Gasteiger partial charge in [0.2, 0.25) is 0 Å². The van der Waals surface area contributed by atoms with Crippen molar-refractivity contribution >= 4 is 11.7 Å². The van der Waals surface area contributed by atoms with Gasteiger partial charge in [0.05, 0.1) is 25.9 Å². The highest BCUT2D eigenvalue weighted by molar-refractivity contribution is 5.74. The van der Waals surface area contributed by atoms with Crippen LogP contribution in [-0.2, 0) is 4.74 Å². The fourth-order valence-electron chi connectivity index (χ4n) is 3.28.